The molecule has 2 bridgehead atoms. The first-order valence-electron chi connectivity index (χ1n) is 11.7. The maximum atomic E-state index is 13.5. The zero-order valence-corrected chi connectivity index (χ0v) is 18.9. The number of carbonyl (C=O) groups excluding carboxylic acids is 2. The van der Waals surface area contributed by atoms with E-state index in [1.54, 1.807) is 0 Å². The van der Waals surface area contributed by atoms with E-state index in [1.165, 1.54) is 32.1 Å². The SMILES string of the molecule is CCC(C)C(NC(=O)CCC1CCCC1)C(=O)N1CC2(C)CC1CC(C)(C)C2. The smallest absolute Gasteiger partial charge is 0.245 e. The largest absolute Gasteiger partial charge is 0.344 e. The first-order chi connectivity index (χ1) is 13.1. The maximum absolute atomic E-state index is 13.5. The zero-order valence-electron chi connectivity index (χ0n) is 18.9. The van der Waals surface area contributed by atoms with Crippen LogP contribution < -0.4 is 5.32 Å². The van der Waals surface area contributed by atoms with Gasteiger partial charge in [-0.1, -0.05) is 66.7 Å². The quantitative estimate of drug-likeness (QED) is 0.671. The lowest BCUT2D eigenvalue weighted by Crippen LogP contribution is -2.53. The van der Waals surface area contributed by atoms with Crippen LogP contribution in [0.3, 0.4) is 0 Å². The summed E-state index contributed by atoms with van der Waals surface area (Å²) in [6.45, 7) is 12.1. The zero-order chi connectivity index (χ0) is 20.5. The van der Waals surface area contributed by atoms with Crippen molar-refractivity contribution in [1.82, 2.24) is 10.2 Å². The molecule has 3 fully saturated rings. The van der Waals surface area contributed by atoms with Crippen LogP contribution in [0.25, 0.3) is 0 Å². The van der Waals surface area contributed by atoms with E-state index in [0.717, 1.165) is 32.2 Å². The van der Waals surface area contributed by atoms with Gasteiger partial charge in [0, 0.05) is 19.0 Å². The van der Waals surface area contributed by atoms with Gasteiger partial charge in [-0.25, -0.2) is 0 Å². The van der Waals surface area contributed by atoms with E-state index in [1.807, 2.05) is 0 Å². The van der Waals surface area contributed by atoms with E-state index >= 15 is 0 Å². The molecule has 0 aromatic rings. The highest BCUT2D eigenvalue weighted by Crippen LogP contribution is 2.52. The second-order valence-corrected chi connectivity index (χ2v) is 11.3. The molecule has 3 rings (SSSR count). The number of hydrogen-bond acceptors (Lipinski definition) is 2. The molecule has 1 saturated heterocycles. The molecule has 2 aliphatic carbocycles. The number of rotatable bonds is 7. The lowest BCUT2D eigenvalue weighted by molar-refractivity contribution is -0.139. The molecule has 4 heteroatoms. The predicted molar refractivity (Wildman–Crippen MR) is 114 cm³/mol. The summed E-state index contributed by atoms with van der Waals surface area (Å²) in [4.78, 5) is 28.3. The standard InChI is InChI=1S/C24H42N2O2/c1-6-17(2)21(25-20(27)12-11-18-9-7-8-10-18)22(28)26-16-24(5)14-19(26)13-23(3,4)15-24/h17-19,21H,6-16H2,1-5H3,(H,25,27). The molecule has 4 unspecified atom stereocenters. The molecular weight excluding hydrogens is 348 g/mol. The third-order valence-corrected chi connectivity index (χ3v) is 7.75. The van der Waals surface area contributed by atoms with Crippen LogP contribution in [0.2, 0.25) is 0 Å². The number of fused-ring (bicyclic) bond motifs is 2. The fourth-order valence-electron chi connectivity index (χ4n) is 6.46. The molecule has 3 aliphatic rings. The van der Waals surface area contributed by atoms with E-state index in [-0.39, 0.29) is 29.2 Å². The van der Waals surface area contributed by atoms with E-state index in [4.69, 9.17) is 0 Å². The first kappa shape index (κ1) is 21.6. The van der Waals surface area contributed by atoms with Crippen molar-refractivity contribution in [3.8, 4) is 0 Å². The van der Waals surface area contributed by atoms with Crippen molar-refractivity contribution in [3.63, 3.8) is 0 Å². The third kappa shape index (κ3) is 4.91. The van der Waals surface area contributed by atoms with Crippen LogP contribution in [0.15, 0.2) is 0 Å². The Kier molecular flexibility index (Phi) is 6.46. The Morgan fingerprint density at radius 1 is 1.14 bits per heavy atom. The number of amides is 2. The summed E-state index contributed by atoms with van der Waals surface area (Å²) in [5, 5.41) is 3.15. The molecule has 2 saturated carbocycles. The van der Waals surface area contributed by atoms with Crippen LogP contribution in [-0.4, -0.2) is 35.3 Å². The second kappa shape index (κ2) is 8.36. The van der Waals surface area contributed by atoms with Crippen LogP contribution in [0.4, 0.5) is 0 Å². The summed E-state index contributed by atoms with van der Waals surface area (Å²) in [5.74, 6) is 1.11. The fourth-order valence-corrected chi connectivity index (χ4v) is 6.46. The minimum Gasteiger partial charge on any atom is -0.344 e. The molecular formula is C24H42N2O2. The van der Waals surface area contributed by atoms with Crippen molar-refractivity contribution in [2.75, 3.05) is 6.54 Å². The molecule has 28 heavy (non-hydrogen) atoms. The average molecular weight is 391 g/mol. The van der Waals surface area contributed by atoms with Crippen molar-refractivity contribution in [3.05, 3.63) is 0 Å². The molecule has 1 heterocycles. The molecule has 0 spiro atoms. The van der Waals surface area contributed by atoms with Gasteiger partial charge in [-0.05, 0) is 48.3 Å². The van der Waals surface area contributed by atoms with Crippen LogP contribution in [0.5, 0.6) is 0 Å². The second-order valence-electron chi connectivity index (χ2n) is 11.3. The van der Waals surface area contributed by atoms with Gasteiger partial charge >= 0.3 is 0 Å². The lowest BCUT2D eigenvalue weighted by atomic mass is 9.65. The Labute approximate surface area is 172 Å². The molecule has 0 aromatic heterocycles. The summed E-state index contributed by atoms with van der Waals surface area (Å²) < 4.78 is 0. The van der Waals surface area contributed by atoms with Gasteiger partial charge < -0.3 is 10.2 Å². The number of carbonyl (C=O) groups is 2. The molecule has 1 N–H and O–H groups in total. The molecule has 0 radical (unpaired) electrons. The number of hydrogen-bond donors (Lipinski definition) is 1. The number of likely N-dealkylation sites (tertiary alicyclic amines) is 1. The van der Waals surface area contributed by atoms with E-state index < -0.39 is 0 Å². The summed E-state index contributed by atoms with van der Waals surface area (Å²) in [6, 6.07) is -0.0321. The van der Waals surface area contributed by atoms with Crippen LogP contribution in [0.1, 0.15) is 98.8 Å². The Bertz CT molecular complexity index is 581. The fraction of sp³-hybridized carbons (Fsp3) is 0.917. The molecule has 0 aromatic carbocycles. The van der Waals surface area contributed by atoms with Crippen molar-refractivity contribution >= 4 is 11.8 Å². The maximum Gasteiger partial charge on any atom is 0.245 e. The van der Waals surface area contributed by atoms with Gasteiger partial charge in [0.1, 0.15) is 6.04 Å². The number of nitrogens with zero attached hydrogens (tertiary/aromatic N) is 1. The van der Waals surface area contributed by atoms with Crippen molar-refractivity contribution < 1.29 is 9.59 Å². The highest BCUT2D eigenvalue weighted by molar-refractivity contribution is 5.88. The summed E-state index contributed by atoms with van der Waals surface area (Å²) in [6.07, 6.45) is 11.0. The predicted octanol–water partition coefficient (Wildman–Crippen LogP) is 4.91. The van der Waals surface area contributed by atoms with Gasteiger partial charge in [-0.2, -0.15) is 0 Å². The minimum absolute atomic E-state index is 0.0688. The molecule has 160 valence electrons. The summed E-state index contributed by atoms with van der Waals surface area (Å²) in [7, 11) is 0. The number of nitrogens with one attached hydrogen (secondary N) is 1. The van der Waals surface area contributed by atoms with Gasteiger partial charge in [0.25, 0.3) is 0 Å². The monoisotopic (exact) mass is 390 g/mol. The van der Waals surface area contributed by atoms with Crippen molar-refractivity contribution in [2.24, 2.45) is 22.7 Å². The van der Waals surface area contributed by atoms with E-state index in [0.29, 0.717) is 23.8 Å². The Hall–Kier alpha value is -1.06. The van der Waals surface area contributed by atoms with Gasteiger partial charge in [0.2, 0.25) is 11.8 Å². The van der Waals surface area contributed by atoms with Crippen LogP contribution in [-0.2, 0) is 9.59 Å². The van der Waals surface area contributed by atoms with Crippen molar-refractivity contribution in [1.29, 1.82) is 0 Å². The van der Waals surface area contributed by atoms with Gasteiger partial charge in [0.05, 0.1) is 0 Å². The minimum atomic E-state index is -0.368. The molecule has 4 nitrogen and oxygen atoms in total. The summed E-state index contributed by atoms with van der Waals surface area (Å²) >= 11 is 0. The third-order valence-electron chi connectivity index (χ3n) is 7.75. The average Bonchev–Trinajstić information content (AvgIpc) is 3.21. The summed E-state index contributed by atoms with van der Waals surface area (Å²) in [5.41, 5.74) is 0.525. The normalized spacial score (nSPS) is 31.6. The Balaban J connectivity index is 1.64. The molecule has 2 amide bonds. The molecule has 1 aliphatic heterocycles. The Morgan fingerprint density at radius 3 is 2.46 bits per heavy atom. The van der Waals surface area contributed by atoms with Crippen LogP contribution >= 0.6 is 0 Å². The van der Waals surface area contributed by atoms with E-state index in [9.17, 15) is 9.59 Å². The lowest BCUT2D eigenvalue weighted by Gasteiger charge is -2.39. The van der Waals surface area contributed by atoms with Crippen LogP contribution in [0, 0.1) is 22.7 Å². The highest BCUT2D eigenvalue weighted by atomic mass is 16.2. The van der Waals surface area contributed by atoms with E-state index in [2.05, 4.69) is 44.8 Å². The topological polar surface area (TPSA) is 49.4 Å². The highest BCUT2D eigenvalue weighted by Gasteiger charge is 2.52. The van der Waals surface area contributed by atoms with Crippen molar-refractivity contribution in [2.45, 2.75) is 111 Å². The first-order valence-corrected chi connectivity index (χ1v) is 11.7. The van der Waals surface area contributed by atoms with Gasteiger partial charge in [-0.3, -0.25) is 9.59 Å². The van der Waals surface area contributed by atoms with Gasteiger partial charge in [0.15, 0.2) is 0 Å². The molecule has 4 atom stereocenters. The Morgan fingerprint density at radius 2 is 1.82 bits per heavy atom. The van der Waals surface area contributed by atoms with Gasteiger partial charge in [-0.15, -0.1) is 0 Å².